The molecule has 3 fully saturated rings. The first-order chi connectivity index (χ1) is 17.3. The van der Waals surface area contributed by atoms with Gasteiger partial charge >= 0.3 is 0 Å². The molecule has 5 rings (SSSR count). The quantitative estimate of drug-likeness (QED) is 0.366. The molecule has 5 nitrogen and oxygen atoms in total. The number of nitrogens with one attached hydrogen (secondary N) is 1. The average Bonchev–Trinajstić information content (AvgIpc) is 3.76. The predicted molar refractivity (Wildman–Crippen MR) is 142 cm³/mol. The molecule has 0 atom stereocenters. The minimum absolute atomic E-state index is 0.100. The Kier molecular flexibility index (Phi) is 7.82. The Hall–Kier alpha value is -1.80. The van der Waals surface area contributed by atoms with Crippen LogP contribution in [0.2, 0.25) is 5.02 Å². The molecule has 2 aromatic rings. The van der Waals surface area contributed by atoms with E-state index in [2.05, 4.69) is 22.6 Å². The second kappa shape index (κ2) is 10.9. The van der Waals surface area contributed by atoms with Gasteiger partial charge in [-0.2, -0.15) is 0 Å². The van der Waals surface area contributed by atoms with Gasteiger partial charge in [0.25, 0.3) is 5.91 Å². The summed E-state index contributed by atoms with van der Waals surface area (Å²) >= 11 is 7.63. The first kappa shape index (κ1) is 25.8. The van der Waals surface area contributed by atoms with Gasteiger partial charge in [-0.3, -0.25) is 14.4 Å². The van der Waals surface area contributed by atoms with Gasteiger partial charge in [-0.05, 0) is 98.2 Å². The third-order valence-electron chi connectivity index (χ3n) is 7.40. The van der Waals surface area contributed by atoms with Gasteiger partial charge in [0.05, 0.1) is 5.56 Å². The Morgan fingerprint density at radius 1 is 1.17 bits per heavy atom. The van der Waals surface area contributed by atoms with E-state index in [4.69, 9.17) is 21.1 Å². The summed E-state index contributed by atoms with van der Waals surface area (Å²) in [4.78, 5) is 15.0. The second-order valence-corrected chi connectivity index (χ2v) is 12.0. The molecule has 194 valence electrons. The topological polar surface area (TPSA) is 50.8 Å². The SMILES string of the molecule is COC1(COc2cc(F)c(C(=O)NSC3CC3)cc2C2CC2)CCN(Cc2cc(C)cc(Cl)c2)CC1. The maximum atomic E-state index is 15.0. The van der Waals surface area contributed by atoms with Crippen molar-refractivity contribution in [1.82, 2.24) is 9.62 Å². The Bertz CT molecular complexity index is 1090. The lowest BCUT2D eigenvalue weighted by molar-refractivity contribution is -0.0841. The lowest BCUT2D eigenvalue weighted by Gasteiger charge is -2.40. The molecule has 0 spiro atoms. The highest BCUT2D eigenvalue weighted by molar-refractivity contribution is 7.98. The summed E-state index contributed by atoms with van der Waals surface area (Å²) in [6.45, 7) is 5.02. The Morgan fingerprint density at radius 3 is 2.56 bits per heavy atom. The molecule has 0 bridgehead atoms. The van der Waals surface area contributed by atoms with Gasteiger partial charge in [-0.15, -0.1) is 0 Å². The summed E-state index contributed by atoms with van der Waals surface area (Å²) in [5.74, 6) is -0.0470. The monoisotopic (exact) mass is 532 g/mol. The number of amides is 1. The zero-order chi connectivity index (χ0) is 25.3. The van der Waals surface area contributed by atoms with Crippen molar-refractivity contribution >= 4 is 29.5 Å². The first-order valence-electron chi connectivity index (χ1n) is 12.8. The number of carbonyl (C=O) groups is 1. The number of methoxy groups -OCH3 is 1. The molecule has 1 saturated heterocycles. The van der Waals surface area contributed by atoms with Crippen LogP contribution in [-0.2, 0) is 11.3 Å². The molecule has 2 aromatic carbocycles. The van der Waals surface area contributed by atoms with Crippen molar-refractivity contribution in [3.8, 4) is 5.75 Å². The lowest BCUT2D eigenvalue weighted by atomic mass is 9.91. The van der Waals surface area contributed by atoms with E-state index in [0.717, 1.165) is 74.3 Å². The maximum Gasteiger partial charge on any atom is 0.264 e. The van der Waals surface area contributed by atoms with Crippen molar-refractivity contribution in [2.45, 2.75) is 68.8 Å². The van der Waals surface area contributed by atoms with E-state index in [1.54, 1.807) is 13.2 Å². The van der Waals surface area contributed by atoms with E-state index < -0.39 is 11.4 Å². The maximum absolute atomic E-state index is 15.0. The molecular weight excluding hydrogens is 499 g/mol. The molecule has 2 saturated carbocycles. The zero-order valence-electron chi connectivity index (χ0n) is 20.9. The molecular formula is C28H34ClFN2O3S. The Balaban J connectivity index is 1.22. The average molecular weight is 533 g/mol. The van der Waals surface area contributed by atoms with Gasteiger partial charge in [-0.1, -0.05) is 17.7 Å². The van der Waals surface area contributed by atoms with E-state index >= 15 is 0 Å². The van der Waals surface area contributed by atoms with Crippen molar-refractivity contribution in [3.63, 3.8) is 0 Å². The van der Waals surface area contributed by atoms with Crippen LogP contribution in [0.25, 0.3) is 0 Å². The van der Waals surface area contributed by atoms with Crippen LogP contribution < -0.4 is 9.46 Å². The summed E-state index contributed by atoms with van der Waals surface area (Å²) in [6.07, 6.45) is 5.92. The minimum Gasteiger partial charge on any atom is -0.490 e. The van der Waals surface area contributed by atoms with E-state index in [1.165, 1.54) is 23.6 Å². The van der Waals surface area contributed by atoms with Crippen molar-refractivity contribution in [2.75, 3.05) is 26.8 Å². The van der Waals surface area contributed by atoms with Crippen LogP contribution in [0.3, 0.4) is 0 Å². The molecule has 1 aliphatic heterocycles. The van der Waals surface area contributed by atoms with E-state index in [9.17, 15) is 9.18 Å². The van der Waals surface area contributed by atoms with E-state index in [0.29, 0.717) is 23.5 Å². The second-order valence-electron chi connectivity index (χ2n) is 10.5. The summed E-state index contributed by atoms with van der Waals surface area (Å²) in [5.41, 5.74) is 2.99. The van der Waals surface area contributed by atoms with Gasteiger partial charge in [-0.25, -0.2) is 4.39 Å². The smallest absolute Gasteiger partial charge is 0.264 e. The third-order valence-corrected chi connectivity index (χ3v) is 8.73. The molecule has 8 heteroatoms. The molecule has 2 aliphatic carbocycles. The third kappa shape index (κ3) is 6.36. The van der Waals surface area contributed by atoms with Crippen molar-refractivity contribution in [1.29, 1.82) is 0 Å². The van der Waals surface area contributed by atoms with E-state index in [1.807, 2.05) is 12.1 Å². The zero-order valence-corrected chi connectivity index (χ0v) is 22.5. The number of aryl methyl sites for hydroxylation is 1. The fraction of sp³-hybridized carbons (Fsp3) is 0.536. The van der Waals surface area contributed by atoms with Crippen LogP contribution >= 0.6 is 23.5 Å². The minimum atomic E-state index is -0.540. The molecule has 0 radical (unpaired) electrons. The number of hydrogen-bond donors (Lipinski definition) is 1. The predicted octanol–water partition coefficient (Wildman–Crippen LogP) is 6.27. The number of ether oxygens (including phenoxy) is 2. The number of piperidine rings is 1. The summed E-state index contributed by atoms with van der Waals surface area (Å²) in [7, 11) is 1.73. The fourth-order valence-corrected chi connectivity index (χ4v) is 5.93. The van der Waals surface area contributed by atoms with Crippen LogP contribution in [0.5, 0.6) is 5.75 Å². The summed E-state index contributed by atoms with van der Waals surface area (Å²) in [5, 5.41) is 1.24. The Labute approximate surface area is 222 Å². The van der Waals surface area contributed by atoms with Crippen molar-refractivity contribution in [2.24, 2.45) is 0 Å². The van der Waals surface area contributed by atoms with Gasteiger partial charge in [0, 0.05) is 43.1 Å². The van der Waals surface area contributed by atoms with Gasteiger partial charge in [0.15, 0.2) is 0 Å². The van der Waals surface area contributed by atoms with Gasteiger partial charge in [0.1, 0.15) is 23.8 Å². The number of likely N-dealkylation sites (tertiary alicyclic amines) is 1. The number of benzene rings is 2. The standard InChI is InChI=1S/C28H34ClFN2O3S/c1-18-11-19(13-21(29)12-18)16-32-9-7-28(34-2,8-10-32)17-35-26-15-25(30)24(14-23(26)20-3-4-20)27(33)31-36-22-5-6-22/h11-15,20,22H,3-10,16-17H2,1-2H3,(H,31,33). The highest BCUT2D eigenvalue weighted by Gasteiger charge is 2.37. The normalized spacial score (nSPS) is 19.8. The van der Waals surface area contributed by atoms with E-state index in [-0.39, 0.29) is 11.5 Å². The number of hydrogen-bond acceptors (Lipinski definition) is 5. The van der Waals surface area contributed by atoms with Crippen LogP contribution in [0.4, 0.5) is 4.39 Å². The van der Waals surface area contributed by atoms with Crippen molar-refractivity contribution < 1.29 is 18.7 Å². The first-order valence-corrected chi connectivity index (χ1v) is 14.1. The number of nitrogens with zero attached hydrogens (tertiary/aromatic N) is 1. The molecule has 0 unspecified atom stereocenters. The summed E-state index contributed by atoms with van der Waals surface area (Å²) in [6, 6.07) is 9.26. The van der Waals surface area contributed by atoms with Crippen LogP contribution in [0.1, 0.15) is 71.5 Å². The molecule has 1 heterocycles. The van der Waals surface area contributed by atoms with Gasteiger partial charge < -0.3 is 9.47 Å². The lowest BCUT2D eigenvalue weighted by Crippen LogP contribution is -2.48. The molecule has 3 aliphatic rings. The fourth-order valence-electron chi connectivity index (χ4n) is 4.86. The molecule has 0 aromatic heterocycles. The van der Waals surface area contributed by atoms with Crippen LogP contribution in [0, 0.1) is 12.7 Å². The number of rotatable bonds is 10. The molecule has 1 amide bonds. The number of carbonyl (C=O) groups excluding carboxylic acids is 1. The van der Waals surface area contributed by atoms with Crippen LogP contribution in [0.15, 0.2) is 30.3 Å². The highest BCUT2D eigenvalue weighted by Crippen LogP contribution is 2.45. The number of halogens is 2. The van der Waals surface area contributed by atoms with Gasteiger partial charge in [0.2, 0.25) is 0 Å². The van der Waals surface area contributed by atoms with Crippen LogP contribution in [-0.4, -0.2) is 48.5 Å². The molecule has 1 N–H and O–H groups in total. The highest BCUT2D eigenvalue weighted by atomic mass is 35.5. The summed E-state index contributed by atoms with van der Waals surface area (Å²) < 4.78 is 30.0. The Morgan fingerprint density at radius 2 is 1.92 bits per heavy atom. The van der Waals surface area contributed by atoms with Crippen molar-refractivity contribution in [3.05, 3.63) is 63.4 Å². The largest absolute Gasteiger partial charge is 0.490 e. The molecule has 36 heavy (non-hydrogen) atoms.